The van der Waals surface area contributed by atoms with Crippen LogP contribution in [0.2, 0.25) is 0 Å². The van der Waals surface area contributed by atoms with Crippen LogP contribution in [0.15, 0.2) is 16.6 Å². The quantitative estimate of drug-likeness (QED) is 0.650. The van der Waals surface area contributed by atoms with E-state index >= 15 is 0 Å². The summed E-state index contributed by atoms with van der Waals surface area (Å²) in [5.41, 5.74) is 0.451. The van der Waals surface area contributed by atoms with Crippen molar-refractivity contribution < 1.29 is 22.7 Å². The first-order chi connectivity index (χ1) is 9.81. The molecule has 0 saturated carbocycles. The zero-order valence-corrected chi connectivity index (χ0v) is 14.7. The zero-order valence-electron chi connectivity index (χ0n) is 12.3. The molecule has 5 nitrogen and oxygen atoms in total. The molecular weight excluding hydrogens is 360 g/mol. The third-order valence-corrected chi connectivity index (χ3v) is 5.56. The minimum absolute atomic E-state index is 0.0274. The number of hydrogen-bond acceptors (Lipinski definition) is 5. The molecule has 0 aromatic heterocycles. The smallest absolute Gasteiger partial charge is 0.175 e. The van der Waals surface area contributed by atoms with Gasteiger partial charge in [-0.15, -0.1) is 0 Å². The predicted molar refractivity (Wildman–Crippen MR) is 85.1 cm³/mol. The van der Waals surface area contributed by atoms with Crippen molar-refractivity contribution in [2.75, 3.05) is 19.0 Å². The number of halogens is 1. The summed E-state index contributed by atoms with van der Waals surface area (Å²) < 4.78 is 35.0. The number of rotatable bonds is 8. The van der Waals surface area contributed by atoms with Crippen molar-refractivity contribution in [1.29, 1.82) is 0 Å². The second-order valence-electron chi connectivity index (χ2n) is 4.65. The van der Waals surface area contributed by atoms with E-state index in [1.165, 1.54) is 0 Å². The van der Waals surface area contributed by atoms with Gasteiger partial charge in [0.15, 0.2) is 21.3 Å². The molecule has 0 aliphatic rings. The highest BCUT2D eigenvalue weighted by Gasteiger charge is 2.18. The lowest BCUT2D eigenvalue weighted by Crippen LogP contribution is -2.22. The topological polar surface area (TPSA) is 69.7 Å². The Morgan fingerprint density at radius 2 is 1.95 bits per heavy atom. The Balaban J connectivity index is 2.90. The molecule has 7 heteroatoms. The zero-order chi connectivity index (χ0) is 16.0. The van der Waals surface area contributed by atoms with Crippen LogP contribution < -0.4 is 9.47 Å². The first kappa shape index (κ1) is 18.0. The van der Waals surface area contributed by atoms with Crippen LogP contribution in [0.25, 0.3) is 0 Å². The fourth-order valence-corrected chi connectivity index (χ4v) is 2.92. The van der Waals surface area contributed by atoms with E-state index in [1.807, 2.05) is 6.92 Å². The molecule has 0 heterocycles. The maximum atomic E-state index is 11.7. The molecule has 0 fully saturated rings. The summed E-state index contributed by atoms with van der Waals surface area (Å²) in [7, 11) is -3.16. The van der Waals surface area contributed by atoms with Gasteiger partial charge in [-0.05, 0) is 48.8 Å². The van der Waals surface area contributed by atoms with Crippen molar-refractivity contribution in [3.8, 4) is 11.5 Å². The first-order valence-electron chi connectivity index (χ1n) is 6.57. The van der Waals surface area contributed by atoms with E-state index < -0.39 is 15.1 Å². The number of ether oxygens (including phenoxy) is 2. The van der Waals surface area contributed by atoms with Crippen LogP contribution in [-0.4, -0.2) is 38.9 Å². The van der Waals surface area contributed by atoms with Crippen LogP contribution in [-0.2, 0) is 9.84 Å². The highest BCUT2D eigenvalue weighted by molar-refractivity contribution is 9.10. The molecule has 0 aliphatic carbocycles. The molecule has 1 aromatic rings. The SMILES string of the molecule is CCOc1cc(C=O)cc(Br)c1OCCS(=O)(=O)C(C)C. The standard InChI is InChI=1S/C14H19BrO5S/c1-4-19-13-8-11(9-16)7-12(15)14(13)20-5-6-21(17,18)10(2)3/h7-10H,4-6H2,1-3H3. The minimum atomic E-state index is -3.16. The molecule has 118 valence electrons. The minimum Gasteiger partial charge on any atom is -0.490 e. The molecule has 1 rings (SSSR count). The lowest BCUT2D eigenvalue weighted by atomic mass is 10.2. The first-order valence-corrected chi connectivity index (χ1v) is 9.08. The number of aldehydes is 1. The third-order valence-electron chi connectivity index (χ3n) is 2.80. The average Bonchev–Trinajstić information content (AvgIpc) is 2.41. The summed E-state index contributed by atoms with van der Waals surface area (Å²) in [4.78, 5) is 10.9. The molecule has 0 atom stereocenters. The fraction of sp³-hybridized carbons (Fsp3) is 0.500. The highest BCUT2D eigenvalue weighted by Crippen LogP contribution is 2.36. The second kappa shape index (κ2) is 7.79. The summed E-state index contributed by atoms with van der Waals surface area (Å²) in [5.74, 6) is 0.746. The number of sulfone groups is 1. The molecule has 0 N–H and O–H groups in total. The maximum Gasteiger partial charge on any atom is 0.175 e. The molecule has 0 bridgehead atoms. The molecule has 0 amide bonds. The number of benzene rings is 1. The van der Waals surface area contributed by atoms with Crippen LogP contribution in [0, 0.1) is 0 Å². The van der Waals surface area contributed by atoms with E-state index in [1.54, 1.807) is 26.0 Å². The van der Waals surface area contributed by atoms with Crippen LogP contribution in [0.1, 0.15) is 31.1 Å². The van der Waals surface area contributed by atoms with Gasteiger partial charge in [0.2, 0.25) is 0 Å². The van der Waals surface area contributed by atoms with Gasteiger partial charge in [0, 0.05) is 5.56 Å². The third kappa shape index (κ3) is 5.00. The number of hydrogen-bond donors (Lipinski definition) is 0. The predicted octanol–water partition coefficient (Wildman–Crippen LogP) is 2.86. The molecular formula is C14H19BrO5S. The van der Waals surface area contributed by atoms with E-state index in [9.17, 15) is 13.2 Å². The van der Waals surface area contributed by atoms with E-state index in [0.717, 1.165) is 0 Å². The monoisotopic (exact) mass is 378 g/mol. The van der Waals surface area contributed by atoms with Crippen molar-refractivity contribution in [2.45, 2.75) is 26.0 Å². The Morgan fingerprint density at radius 1 is 1.29 bits per heavy atom. The van der Waals surface area contributed by atoms with Gasteiger partial charge in [-0.1, -0.05) is 0 Å². The molecule has 0 unspecified atom stereocenters. The van der Waals surface area contributed by atoms with Crippen LogP contribution in [0.5, 0.6) is 11.5 Å². The van der Waals surface area contributed by atoms with Gasteiger partial charge in [-0.25, -0.2) is 8.42 Å². The summed E-state index contributed by atoms with van der Waals surface area (Å²) in [6.45, 7) is 5.52. The van der Waals surface area contributed by atoms with Crippen molar-refractivity contribution in [1.82, 2.24) is 0 Å². The van der Waals surface area contributed by atoms with E-state index in [2.05, 4.69) is 15.9 Å². The summed E-state index contributed by atoms with van der Waals surface area (Å²) >= 11 is 3.31. The summed E-state index contributed by atoms with van der Waals surface area (Å²) in [6.07, 6.45) is 0.709. The Bertz CT molecular complexity index is 596. The van der Waals surface area contributed by atoms with E-state index in [4.69, 9.17) is 9.47 Å². The van der Waals surface area contributed by atoms with Gasteiger partial charge in [-0.2, -0.15) is 0 Å². The molecule has 1 aromatic carbocycles. The lowest BCUT2D eigenvalue weighted by Gasteiger charge is -2.15. The van der Waals surface area contributed by atoms with Crippen molar-refractivity contribution in [3.05, 3.63) is 22.2 Å². The van der Waals surface area contributed by atoms with Crippen molar-refractivity contribution in [2.24, 2.45) is 0 Å². The Morgan fingerprint density at radius 3 is 2.48 bits per heavy atom. The normalized spacial score (nSPS) is 11.5. The van der Waals surface area contributed by atoms with Crippen molar-refractivity contribution in [3.63, 3.8) is 0 Å². The lowest BCUT2D eigenvalue weighted by molar-refractivity contribution is 0.112. The van der Waals surface area contributed by atoms with Crippen LogP contribution in [0.4, 0.5) is 0 Å². The second-order valence-corrected chi connectivity index (χ2v) is 8.18. The largest absolute Gasteiger partial charge is 0.490 e. The Labute approximate surface area is 133 Å². The molecule has 0 spiro atoms. The van der Waals surface area contributed by atoms with Crippen LogP contribution in [0.3, 0.4) is 0 Å². The highest BCUT2D eigenvalue weighted by atomic mass is 79.9. The molecule has 21 heavy (non-hydrogen) atoms. The van der Waals surface area contributed by atoms with E-state index in [-0.39, 0.29) is 12.4 Å². The van der Waals surface area contributed by atoms with Crippen molar-refractivity contribution >= 4 is 32.1 Å². The Kier molecular flexibility index (Phi) is 6.67. The van der Waals surface area contributed by atoms with E-state index in [0.29, 0.717) is 34.4 Å². The molecule has 0 saturated heterocycles. The van der Waals surface area contributed by atoms with Gasteiger partial charge >= 0.3 is 0 Å². The fourth-order valence-electron chi connectivity index (χ4n) is 1.55. The van der Waals surface area contributed by atoms with Gasteiger partial charge in [0.05, 0.1) is 22.1 Å². The maximum absolute atomic E-state index is 11.7. The summed E-state index contributed by atoms with van der Waals surface area (Å²) in [6, 6.07) is 3.16. The number of carbonyl (C=O) groups excluding carboxylic acids is 1. The average molecular weight is 379 g/mol. The molecule has 0 radical (unpaired) electrons. The van der Waals surface area contributed by atoms with Gasteiger partial charge in [0.25, 0.3) is 0 Å². The van der Waals surface area contributed by atoms with Gasteiger partial charge < -0.3 is 9.47 Å². The summed E-state index contributed by atoms with van der Waals surface area (Å²) in [5, 5.41) is -0.437. The Hall–Kier alpha value is -1.08. The molecule has 0 aliphatic heterocycles. The van der Waals surface area contributed by atoms with Crippen LogP contribution >= 0.6 is 15.9 Å². The number of carbonyl (C=O) groups is 1. The van der Waals surface area contributed by atoms with Gasteiger partial charge in [0.1, 0.15) is 12.9 Å². The van der Waals surface area contributed by atoms with Gasteiger partial charge in [-0.3, -0.25) is 4.79 Å².